The maximum absolute atomic E-state index is 12.5. The van der Waals surface area contributed by atoms with Crippen molar-refractivity contribution < 1.29 is 14.3 Å². The molecule has 0 bridgehead atoms. The number of hydrogen-bond donors (Lipinski definition) is 1. The van der Waals surface area contributed by atoms with E-state index in [0.717, 1.165) is 19.4 Å². The number of amides is 2. The first-order chi connectivity index (χ1) is 11.2. The molecule has 1 atom stereocenters. The van der Waals surface area contributed by atoms with Crippen molar-refractivity contribution in [3.63, 3.8) is 0 Å². The van der Waals surface area contributed by atoms with E-state index < -0.39 is 0 Å². The Morgan fingerprint density at radius 3 is 2.70 bits per heavy atom. The van der Waals surface area contributed by atoms with E-state index in [4.69, 9.17) is 0 Å². The number of benzene rings is 1. The average Bonchev–Trinajstić information content (AvgIpc) is 3.25. The van der Waals surface area contributed by atoms with Gasteiger partial charge >= 0.3 is 12.0 Å². The maximum atomic E-state index is 12.5. The fourth-order valence-corrected chi connectivity index (χ4v) is 3.66. The zero-order valence-corrected chi connectivity index (χ0v) is 13.6. The van der Waals surface area contributed by atoms with Gasteiger partial charge in [0.25, 0.3) is 0 Å². The Kier molecular flexibility index (Phi) is 4.62. The summed E-state index contributed by atoms with van der Waals surface area (Å²) in [6, 6.07) is 10.8. The number of ether oxygens (including phenoxy) is 1. The highest BCUT2D eigenvalue weighted by Crippen LogP contribution is 2.34. The Morgan fingerprint density at radius 2 is 2.04 bits per heavy atom. The maximum Gasteiger partial charge on any atom is 0.337 e. The van der Waals surface area contributed by atoms with E-state index in [1.165, 1.54) is 12.0 Å². The van der Waals surface area contributed by atoms with Crippen LogP contribution in [0.5, 0.6) is 0 Å². The van der Waals surface area contributed by atoms with Gasteiger partial charge < -0.3 is 15.0 Å². The van der Waals surface area contributed by atoms with Crippen LogP contribution in [0.3, 0.4) is 0 Å². The molecule has 1 N–H and O–H groups in total. The summed E-state index contributed by atoms with van der Waals surface area (Å²) in [6.07, 6.45) is 2.01. The van der Waals surface area contributed by atoms with E-state index in [9.17, 15) is 9.59 Å². The number of anilines is 1. The number of esters is 1. The first-order valence-corrected chi connectivity index (χ1v) is 8.36. The summed E-state index contributed by atoms with van der Waals surface area (Å²) in [6.45, 7) is 0.759. The van der Waals surface area contributed by atoms with E-state index >= 15 is 0 Å². The number of likely N-dealkylation sites (tertiary alicyclic amines) is 1. The average molecular weight is 330 g/mol. The molecule has 23 heavy (non-hydrogen) atoms. The lowest BCUT2D eigenvalue weighted by molar-refractivity contribution is 0.0601. The van der Waals surface area contributed by atoms with E-state index in [2.05, 4.69) is 16.1 Å². The summed E-state index contributed by atoms with van der Waals surface area (Å²) in [5, 5.41) is 4.94. The molecule has 0 saturated carbocycles. The minimum absolute atomic E-state index is 0.105. The standard InChI is InChI=1S/C17H18N2O3S/c1-22-16(20)12-6-8-13(9-7-12)18-17(21)19-10-2-4-14(19)15-5-3-11-23-15/h3,5-9,11,14H,2,4,10H2,1H3,(H,18,21). The Labute approximate surface area is 138 Å². The van der Waals surface area contributed by atoms with Gasteiger partial charge in [-0.3, -0.25) is 0 Å². The number of methoxy groups -OCH3 is 1. The number of rotatable bonds is 3. The molecule has 1 fully saturated rings. The van der Waals surface area contributed by atoms with Crippen LogP contribution in [0.2, 0.25) is 0 Å². The molecule has 0 spiro atoms. The molecule has 1 aliphatic rings. The molecular weight excluding hydrogens is 312 g/mol. The number of carbonyl (C=O) groups excluding carboxylic acids is 2. The first-order valence-electron chi connectivity index (χ1n) is 7.48. The molecule has 1 aromatic heterocycles. The molecular formula is C17H18N2O3S. The smallest absolute Gasteiger partial charge is 0.337 e. The van der Waals surface area contributed by atoms with Crippen molar-refractivity contribution in [3.05, 3.63) is 52.2 Å². The van der Waals surface area contributed by atoms with Crippen molar-refractivity contribution in [2.45, 2.75) is 18.9 Å². The predicted molar refractivity (Wildman–Crippen MR) is 89.8 cm³/mol. The van der Waals surface area contributed by atoms with Gasteiger partial charge in [-0.05, 0) is 48.6 Å². The fourth-order valence-electron chi connectivity index (χ4n) is 2.79. The van der Waals surface area contributed by atoms with Crippen LogP contribution in [-0.4, -0.2) is 30.6 Å². The van der Waals surface area contributed by atoms with Gasteiger partial charge in [-0.25, -0.2) is 9.59 Å². The zero-order valence-electron chi connectivity index (χ0n) is 12.8. The molecule has 2 aromatic rings. The number of thiophene rings is 1. The number of nitrogens with one attached hydrogen (secondary N) is 1. The second-order valence-corrected chi connectivity index (χ2v) is 6.35. The van der Waals surface area contributed by atoms with Gasteiger partial charge in [-0.2, -0.15) is 0 Å². The Morgan fingerprint density at radius 1 is 1.26 bits per heavy atom. The Balaban J connectivity index is 1.68. The van der Waals surface area contributed by atoms with Gasteiger partial charge in [0.05, 0.1) is 18.7 Å². The molecule has 120 valence electrons. The molecule has 2 heterocycles. The van der Waals surface area contributed by atoms with Crippen molar-refractivity contribution >= 4 is 29.0 Å². The summed E-state index contributed by atoms with van der Waals surface area (Å²) in [7, 11) is 1.34. The van der Waals surface area contributed by atoms with E-state index in [1.54, 1.807) is 35.6 Å². The summed E-state index contributed by atoms with van der Waals surface area (Å²) < 4.78 is 4.66. The van der Waals surface area contributed by atoms with Gasteiger partial charge in [0.2, 0.25) is 0 Å². The number of carbonyl (C=O) groups is 2. The second kappa shape index (κ2) is 6.83. The molecule has 2 amide bonds. The minimum Gasteiger partial charge on any atom is -0.465 e. The largest absolute Gasteiger partial charge is 0.465 e. The molecule has 5 nitrogen and oxygen atoms in total. The van der Waals surface area contributed by atoms with E-state index in [-0.39, 0.29) is 18.0 Å². The molecule has 1 aromatic carbocycles. The molecule has 1 aliphatic heterocycles. The highest BCUT2D eigenvalue weighted by Gasteiger charge is 2.30. The van der Waals surface area contributed by atoms with Gasteiger partial charge in [0.15, 0.2) is 0 Å². The third-order valence-corrected chi connectivity index (χ3v) is 4.92. The van der Waals surface area contributed by atoms with Crippen LogP contribution in [0, 0.1) is 0 Å². The zero-order chi connectivity index (χ0) is 16.2. The van der Waals surface area contributed by atoms with Crippen LogP contribution in [0.25, 0.3) is 0 Å². The van der Waals surface area contributed by atoms with Gasteiger partial charge in [0.1, 0.15) is 0 Å². The Hall–Kier alpha value is -2.34. The minimum atomic E-state index is -0.389. The van der Waals surface area contributed by atoms with Gasteiger partial charge in [0, 0.05) is 17.1 Å². The van der Waals surface area contributed by atoms with Crippen LogP contribution < -0.4 is 5.32 Å². The molecule has 6 heteroatoms. The van der Waals surface area contributed by atoms with Crippen LogP contribution in [0.1, 0.15) is 34.1 Å². The summed E-state index contributed by atoms with van der Waals surface area (Å²) >= 11 is 1.68. The topological polar surface area (TPSA) is 58.6 Å². The van der Waals surface area contributed by atoms with Crippen molar-refractivity contribution in [3.8, 4) is 0 Å². The number of hydrogen-bond acceptors (Lipinski definition) is 4. The molecule has 0 radical (unpaired) electrons. The van der Waals surface area contributed by atoms with Crippen LogP contribution in [0.15, 0.2) is 41.8 Å². The van der Waals surface area contributed by atoms with Crippen molar-refractivity contribution in [1.82, 2.24) is 4.90 Å². The second-order valence-electron chi connectivity index (χ2n) is 5.37. The van der Waals surface area contributed by atoms with Crippen molar-refractivity contribution in [2.24, 2.45) is 0 Å². The third-order valence-electron chi connectivity index (χ3n) is 3.94. The summed E-state index contributed by atoms with van der Waals surface area (Å²) in [5.74, 6) is -0.389. The predicted octanol–water partition coefficient (Wildman–Crippen LogP) is 3.90. The number of urea groups is 1. The summed E-state index contributed by atoms with van der Waals surface area (Å²) in [4.78, 5) is 27.0. The van der Waals surface area contributed by atoms with Gasteiger partial charge in [-0.1, -0.05) is 6.07 Å². The lowest BCUT2D eigenvalue weighted by Crippen LogP contribution is -2.34. The van der Waals surface area contributed by atoms with Crippen LogP contribution in [-0.2, 0) is 4.74 Å². The monoisotopic (exact) mass is 330 g/mol. The molecule has 1 unspecified atom stereocenters. The van der Waals surface area contributed by atoms with Crippen LogP contribution in [0.4, 0.5) is 10.5 Å². The molecule has 3 rings (SSSR count). The fraction of sp³-hybridized carbons (Fsp3) is 0.294. The van der Waals surface area contributed by atoms with E-state index in [0.29, 0.717) is 11.3 Å². The Bertz CT molecular complexity index is 682. The SMILES string of the molecule is COC(=O)c1ccc(NC(=O)N2CCCC2c2cccs2)cc1. The normalized spacial score (nSPS) is 17.1. The van der Waals surface area contributed by atoms with Crippen LogP contribution >= 0.6 is 11.3 Å². The van der Waals surface area contributed by atoms with Gasteiger partial charge in [-0.15, -0.1) is 11.3 Å². The highest BCUT2D eigenvalue weighted by molar-refractivity contribution is 7.10. The molecule has 0 aliphatic carbocycles. The lowest BCUT2D eigenvalue weighted by atomic mass is 10.2. The van der Waals surface area contributed by atoms with Crippen molar-refractivity contribution in [1.29, 1.82) is 0 Å². The lowest BCUT2D eigenvalue weighted by Gasteiger charge is -2.24. The van der Waals surface area contributed by atoms with Crippen molar-refractivity contribution in [2.75, 3.05) is 19.0 Å². The summed E-state index contributed by atoms with van der Waals surface area (Å²) in [5.41, 5.74) is 1.13. The van der Waals surface area contributed by atoms with E-state index in [1.807, 2.05) is 16.3 Å². The quantitative estimate of drug-likeness (QED) is 0.868. The number of nitrogens with zero attached hydrogens (tertiary/aromatic N) is 1. The third kappa shape index (κ3) is 3.37. The first kappa shape index (κ1) is 15.6. The highest BCUT2D eigenvalue weighted by atomic mass is 32.1. The molecule has 1 saturated heterocycles.